The lowest BCUT2D eigenvalue weighted by Gasteiger charge is -2.28. The summed E-state index contributed by atoms with van der Waals surface area (Å²) in [5, 5.41) is 5.07. The normalized spacial score (nSPS) is 16.4. The molecular weight excluding hydrogens is 615 g/mol. The summed E-state index contributed by atoms with van der Waals surface area (Å²) in [5.41, 5.74) is 12.9. The highest BCUT2D eigenvalue weighted by Crippen LogP contribution is 2.53. The predicted octanol–water partition coefficient (Wildman–Crippen LogP) is 13.0. The van der Waals surface area contributed by atoms with Crippen molar-refractivity contribution in [2.75, 3.05) is 4.90 Å². The van der Waals surface area contributed by atoms with Gasteiger partial charge in [-0.15, -0.1) is 11.8 Å². The van der Waals surface area contributed by atoms with E-state index in [4.69, 9.17) is 4.42 Å². The van der Waals surface area contributed by atoms with E-state index in [2.05, 4.69) is 157 Å². The molecule has 1 aliphatic heterocycles. The van der Waals surface area contributed by atoms with Crippen molar-refractivity contribution in [2.45, 2.75) is 29.4 Å². The zero-order valence-electron chi connectivity index (χ0n) is 26.8. The minimum absolute atomic E-state index is 0.475. The molecule has 0 fully saturated rings. The Morgan fingerprint density at radius 1 is 0.755 bits per heavy atom. The number of furan rings is 1. The van der Waals surface area contributed by atoms with Gasteiger partial charge in [-0.1, -0.05) is 97.1 Å². The van der Waals surface area contributed by atoms with Crippen LogP contribution in [-0.2, 0) is 0 Å². The van der Waals surface area contributed by atoms with Gasteiger partial charge in [-0.25, -0.2) is 0 Å². The van der Waals surface area contributed by atoms with E-state index in [1.165, 1.54) is 54.8 Å². The third-order valence-electron chi connectivity index (χ3n) is 10.1. The van der Waals surface area contributed by atoms with Crippen LogP contribution in [0.2, 0.25) is 0 Å². The molecule has 1 unspecified atom stereocenters. The lowest BCUT2D eigenvalue weighted by atomic mass is 9.96. The number of hydrogen-bond acceptors (Lipinski definition) is 3. The second kappa shape index (κ2) is 11.5. The Morgan fingerprint density at radius 3 is 2.43 bits per heavy atom. The first-order valence-corrected chi connectivity index (χ1v) is 17.9. The summed E-state index contributed by atoms with van der Waals surface area (Å²) in [4.78, 5) is 3.79. The van der Waals surface area contributed by atoms with Crippen molar-refractivity contribution >= 4 is 72.7 Å². The second-order valence-corrected chi connectivity index (χ2v) is 14.1. The van der Waals surface area contributed by atoms with Crippen molar-refractivity contribution in [2.24, 2.45) is 0 Å². The van der Waals surface area contributed by atoms with Crippen LogP contribution < -0.4 is 4.90 Å². The average Bonchev–Trinajstić information content (AvgIpc) is 3.75. The zero-order valence-corrected chi connectivity index (χ0v) is 27.6. The smallest absolute Gasteiger partial charge is 0.185 e. The number of hydrogen-bond donors (Lipinski definition) is 0. The molecular formula is C46H31NOS. The summed E-state index contributed by atoms with van der Waals surface area (Å²) < 4.78 is 6.07. The number of thioether (sulfide) groups is 1. The van der Waals surface area contributed by atoms with Crippen LogP contribution in [-0.4, -0.2) is 5.25 Å². The molecule has 0 saturated carbocycles. The molecule has 0 amide bonds. The molecule has 1 aromatic heterocycles. The molecule has 2 heterocycles. The molecule has 10 rings (SSSR count). The van der Waals surface area contributed by atoms with Crippen LogP contribution in [0.5, 0.6) is 0 Å². The number of nitrogens with zero attached hydrogens (tertiary/aromatic N) is 1. The molecule has 3 aliphatic rings. The van der Waals surface area contributed by atoms with Crippen LogP contribution in [0, 0.1) is 12.1 Å². The fourth-order valence-electron chi connectivity index (χ4n) is 7.65. The van der Waals surface area contributed by atoms with Gasteiger partial charge in [0.1, 0.15) is 5.58 Å². The number of benzene rings is 5. The Labute approximate surface area is 290 Å². The van der Waals surface area contributed by atoms with E-state index in [1.54, 1.807) is 0 Å². The predicted molar refractivity (Wildman–Crippen MR) is 207 cm³/mol. The fraction of sp³-hybridized carbons (Fsp3) is 0.0870. The maximum absolute atomic E-state index is 6.07. The third kappa shape index (κ3) is 4.75. The van der Waals surface area contributed by atoms with Gasteiger partial charge in [-0.05, 0) is 124 Å². The van der Waals surface area contributed by atoms with Crippen LogP contribution in [0.15, 0.2) is 155 Å². The van der Waals surface area contributed by atoms with Crippen molar-refractivity contribution in [3.63, 3.8) is 0 Å². The number of fused-ring (bicyclic) bond motifs is 8. The molecule has 49 heavy (non-hydrogen) atoms. The lowest BCUT2D eigenvalue weighted by molar-refractivity contribution is 0.669. The van der Waals surface area contributed by atoms with E-state index in [1.807, 2.05) is 17.8 Å². The topological polar surface area (TPSA) is 16.4 Å². The van der Waals surface area contributed by atoms with Crippen LogP contribution in [0.1, 0.15) is 30.4 Å². The van der Waals surface area contributed by atoms with E-state index in [0.29, 0.717) is 5.25 Å². The van der Waals surface area contributed by atoms with Crippen molar-refractivity contribution in [1.29, 1.82) is 0 Å². The first kappa shape index (κ1) is 28.3. The largest absolute Gasteiger partial charge is 0.447 e. The van der Waals surface area contributed by atoms with Crippen LogP contribution in [0.3, 0.4) is 0 Å². The molecule has 2 nitrogen and oxygen atoms in total. The van der Waals surface area contributed by atoms with E-state index in [9.17, 15) is 0 Å². The van der Waals surface area contributed by atoms with E-state index >= 15 is 0 Å². The van der Waals surface area contributed by atoms with Crippen LogP contribution in [0.4, 0.5) is 17.1 Å². The molecule has 1 atom stereocenters. The van der Waals surface area contributed by atoms with Crippen molar-refractivity contribution in [3.05, 3.63) is 169 Å². The van der Waals surface area contributed by atoms with Gasteiger partial charge in [0.2, 0.25) is 0 Å². The van der Waals surface area contributed by atoms with Crippen molar-refractivity contribution < 1.29 is 4.42 Å². The Balaban J connectivity index is 1.05. The molecule has 7 aromatic rings. The first-order chi connectivity index (χ1) is 24.3. The number of anilines is 3. The summed E-state index contributed by atoms with van der Waals surface area (Å²) in [7, 11) is 0. The van der Waals surface area contributed by atoms with Gasteiger partial charge < -0.3 is 9.32 Å². The van der Waals surface area contributed by atoms with Gasteiger partial charge >= 0.3 is 0 Å². The summed E-state index contributed by atoms with van der Waals surface area (Å²) in [6.07, 6.45) is 17.0. The van der Waals surface area contributed by atoms with E-state index in [0.717, 1.165) is 52.6 Å². The molecule has 0 radical (unpaired) electrons. The molecule has 2 aliphatic carbocycles. The van der Waals surface area contributed by atoms with Crippen molar-refractivity contribution in [1.82, 2.24) is 0 Å². The SMILES string of the molecule is c1ccc2c(c#1)oc1ccc3cc(-c4ccc(N(c5ccc(C6=CCCC=C6)cc5)c5cccc6c5SC5CC=CC=C65)cc4)ccc3c12. The summed E-state index contributed by atoms with van der Waals surface area (Å²) in [6.45, 7) is 0. The Bertz CT molecular complexity index is 2550. The second-order valence-electron chi connectivity index (χ2n) is 12.9. The van der Waals surface area contributed by atoms with Gasteiger partial charge in [0, 0.05) is 32.3 Å². The Morgan fingerprint density at radius 2 is 1.59 bits per heavy atom. The molecule has 3 heteroatoms. The standard InChI is InChI=1S/C46H31NOS/c1-2-9-30(10-3-1)31-17-23-35(24-18-31)47(41-14-8-13-39-38-11-5-7-16-44(38)49-46(39)41)36-25-19-32(20-26-36)33-21-27-37-34(29-33)22-28-43-45(37)40-12-4-6-15-42(40)48-43/h2,4-5,7-14,17-29,44H,1,3,16H2. The van der Waals surface area contributed by atoms with Gasteiger partial charge in [-0.3, -0.25) is 0 Å². The van der Waals surface area contributed by atoms with Gasteiger partial charge in [0.25, 0.3) is 0 Å². The summed E-state index contributed by atoms with van der Waals surface area (Å²) in [6, 6.07) is 46.0. The quantitative estimate of drug-likeness (QED) is 0.185. The van der Waals surface area contributed by atoms with Gasteiger partial charge in [0.15, 0.2) is 5.58 Å². The molecule has 0 spiro atoms. The maximum Gasteiger partial charge on any atom is 0.185 e. The minimum Gasteiger partial charge on any atom is -0.447 e. The van der Waals surface area contributed by atoms with Crippen LogP contribution in [0.25, 0.3) is 55.0 Å². The Kier molecular flexibility index (Phi) is 6.64. The maximum atomic E-state index is 6.07. The van der Waals surface area contributed by atoms with Gasteiger partial charge in [-0.2, -0.15) is 0 Å². The minimum atomic E-state index is 0.475. The molecule has 0 saturated heterocycles. The summed E-state index contributed by atoms with van der Waals surface area (Å²) >= 11 is 2.00. The highest BCUT2D eigenvalue weighted by atomic mass is 32.2. The zero-order chi connectivity index (χ0) is 32.3. The highest BCUT2D eigenvalue weighted by Gasteiger charge is 2.31. The van der Waals surface area contributed by atoms with E-state index in [-0.39, 0.29) is 0 Å². The monoisotopic (exact) mass is 645 g/mol. The summed E-state index contributed by atoms with van der Waals surface area (Å²) in [5.74, 6) is 0. The first-order valence-electron chi connectivity index (χ1n) is 17.0. The van der Waals surface area contributed by atoms with Crippen molar-refractivity contribution in [3.8, 4) is 11.1 Å². The number of allylic oxidation sites excluding steroid dienone is 7. The van der Waals surface area contributed by atoms with Crippen LogP contribution >= 0.6 is 11.8 Å². The lowest BCUT2D eigenvalue weighted by Crippen LogP contribution is -2.11. The molecule has 232 valence electrons. The highest BCUT2D eigenvalue weighted by molar-refractivity contribution is 8.01. The molecule has 6 aromatic carbocycles. The molecule has 0 N–H and O–H groups in total. The van der Waals surface area contributed by atoms with Gasteiger partial charge in [0.05, 0.1) is 5.69 Å². The molecule has 0 bridgehead atoms. The van der Waals surface area contributed by atoms with E-state index < -0.39 is 0 Å². The fourth-order valence-corrected chi connectivity index (χ4v) is 9.07. The Hall–Kier alpha value is -5.69. The third-order valence-corrected chi connectivity index (χ3v) is 11.5. The average molecular weight is 646 g/mol. The number of rotatable bonds is 5.